The van der Waals surface area contributed by atoms with Crippen LogP contribution in [0.25, 0.3) is 0 Å². The smallest absolute Gasteiger partial charge is 0.150 e. The second-order valence-electron chi connectivity index (χ2n) is 4.03. The molecule has 0 radical (unpaired) electrons. The van der Waals surface area contributed by atoms with E-state index in [1.807, 2.05) is 12.1 Å². The molecule has 0 aliphatic heterocycles. The molecule has 0 saturated heterocycles. The Morgan fingerprint density at radius 3 is 2.25 bits per heavy atom. The molecule has 0 heterocycles. The third-order valence-electron chi connectivity index (χ3n) is 2.62. The summed E-state index contributed by atoms with van der Waals surface area (Å²) in [5.41, 5.74) is 2.27. The highest BCUT2D eigenvalue weighted by Gasteiger charge is 2.09. The van der Waals surface area contributed by atoms with Crippen LogP contribution >= 0.6 is 45.2 Å². The monoisotopic (exact) mass is 489 g/mol. The number of carbonyl (C=O) groups excluding carboxylic acids is 1. The Balaban J connectivity index is 2.14. The molecule has 0 aromatic heterocycles. The summed E-state index contributed by atoms with van der Waals surface area (Å²) in [7, 11) is 0. The highest BCUT2D eigenvalue weighted by atomic mass is 127. The van der Waals surface area contributed by atoms with Crippen molar-refractivity contribution in [2.24, 2.45) is 0 Å². The van der Waals surface area contributed by atoms with Crippen molar-refractivity contribution in [3.05, 3.63) is 60.2 Å². The standard InChI is InChI=1S/C15H9I2NO2/c16-13-5-12(8-19)6-14(17)15(13)20-9-11-3-1-10(7-18)2-4-11/h1-6,8H,9H2. The minimum Gasteiger partial charge on any atom is -0.487 e. The van der Waals surface area contributed by atoms with Crippen molar-refractivity contribution < 1.29 is 9.53 Å². The number of ether oxygens (including phenoxy) is 1. The van der Waals surface area contributed by atoms with Crippen molar-refractivity contribution in [2.75, 3.05) is 0 Å². The molecule has 0 unspecified atom stereocenters. The van der Waals surface area contributed by atoms with Crippen molar-refractivity contribution in [1.82, 2.24) is 0 Å². The zero-order valence-corrected chi connectivity index (χ0v) is 14.6. The molecule has 0 amide bonds. The molecule has 0 spiro atoms. The van der Waals surface area contributed by atoms with Crippen LogP contribution in [0.1, 0.15) is 21.5 Å². The van der Waals surface area contributed by atoms with E-state index in [0.717, 1.165) is 24.7 Å². The second kappa shape index (κ2) is 7.04. The van der Waals surface area contributed by atoms with Gasteiger partial charge in [-0.1, -0.05) is 12.1 Å². The van der Waals surface area contributed by atoms with Crippen LogP contribution in [0.3, 0.4) is 0 Å². The van der Waals surface area contributed by atoms with Gasteiger partial charge < -0.3 is 4.74 Å². The van der Waals surface area contributed by atoms with E-state index in [9.17, 15) is 4.79 Å². The maximum Gasteiger partial charge on any atom is 0.150 e. The maximum atomic E-state index is 10.8. The fraction of sp³-hybridized carbons (Fsp3) is 0.0667. The van der Waals surface area contributed by atoms with Gasteiger partial charge in [0.2, 0.25) is 0 Å². The minimum absolute atomic E-state index is 0.429. The Morgan fingerprint density at radius 1 is 1.15 bits per heavy atom. The molecule has 2 rings (SSSR count). The van der Waals surface area contributed by atoms with Crippen molar-refractivity contribution in [2.45, 2.75) is 6.61 Å². The molecule has 3 nitrogen and oxygen atoms in total. The summed E-state index contributed by atoms with van der Waals surface area (Å²) in [6.45, 7) is 0.429. The lowest BCUT2D eigenvalue weighted by Crippen LogP contribution is -2.00. The third kappa shape index (κ3) is 3.70. The molecule has 0 aliphatic carbocycles. The topological polar surface area (TPSA) is 50.1 Å². The van der Waals surface area contributed by atoms with Crippen LogP contribution in [0.15, 0.2) is 36.4 Å². The second-order valence-corrected chi connectivity index (χ2v) is 6.35. The van der Waals surface area contributed by atoms with Crippen LogP contribution in [0.4, 0.5) is 0 Å². The summed E-state index contributed by atoms with van der Waals surface area (Å²) in [5.74, 6) is 0.779. The number of nitrogens with zero attached hydrogens (tertiary/aromatic N) is 1. The Hall–Kier alpha value is -1.14. The molecule has 5 heteroatoms. The largest absolute Gasteiger partial charge is 0.487 e. The maximum absolute atomic E-state index is 10.8. The van der Waals surface area contributed by atoms with Crippen LogP contribution in [0.2, 0.25) is 0 Å². The summed E-state index contributed by atoms with van der Waals surface area (Å²) in [5, 5.41) is 8.75. The average Bonchev–Trinajstić information content (AvgIpc) is 2.46. The molecule has 0 aliphatic rings. The average molecular weight is 489 g/mol. The number of benzene rings is 2. The van der Waals surface area contributed by atoms with Gasteiger partial charge in [0.1, 0.15) is 18.6 Å². The van der Waals surface area contributed by atoms with E-state index in [0.29, 0.717) is 17.7 Å². The van der Waals surface area contributed by atoms with Crippen LogP contribution in [0.5, 0.6) is 5.75 Å². The van der Waals surface area contributed by atoms with Crippen LogP contribution in [-0.2, 0) is 6.61 Å². The van der Waals surface area contributed by atoms with Crippen molar-refractivity contribution in [3.8, 4) is 11.8 Å². The van der Waals surface area contributed by atoms with Gasteiger partial charge in [0, 0.05) is 5.56 Å². The first-order valence-corrected chi connectivity index (χ1v) is 7.86. The predicted molar refractivity (Wildman–Crippen MR) is 92.8 cm³/mol. The van der Waals surface area contributed by atoms with Crippen LogP contribution < -0.4 is 4.74 Å². The number of carbonyl (C=O) groups is 1. The predicted octanol–water partition coefficient (Wildman–Crippen LogP) is 4.16. The summed E-state index contributed by atoms with van der Waals surface area (Å²) in [6, 6.07) is 13.0. The summed E-state index contributed by atoms with van der Waals surface area (Å²) in [6.07, 6.45) is 0.828. The van der Waals surface area contributed by atoms with Crippen molar-refractivity contribution in [3.63, 3.8) is 0 Å². The van der Waals surface area contributed by atoms with Gasteiger partial charge in [0.05, 0.1) is 18.8 Å². The number of aldehydes is 1. The summed E-state index contributed by atoms with van der Waals surface area (Å²) >= 11 is 4.31. The quantitative estimate of drug-likeness (QED) is 0.479. The minimum atomic E-state index is 0.429. The molecular weight excluding hydrogens is 480 g/mol. The number of halogens is 2. The zero-order valence-electron chi connectivity index (χ0n) is 10.3. The lowest BCUT2D eigenvalue weighted by atomic mass is 10.1. The van der Waals surface area contributed by atoms with E-state index in [4.69, 9.17) is 10.00 Å². The van der Waals surface area contributed by atoms with Crippen LogP contribution in [-0.4, -0.2) is 6.29 Å². The van der Waals surface area contributed by atoms with Gasteiger partial charge in [0.25, 0.3) is 0 Å². The fourth-order valence-electron chi connectivity index (χ4n) is 1.62. The number of hydrogen-bond donors (Lipinski definition) is 0. The normalized spacial score (nSPS) is 9.85. The fourth-order valence-corrected chi connectivity index (χ4v) is 3.74. The van der Waals surface area contributed by atoms with Gasteiger partial charge in [-0.15, -0.1) is 0 Å². The Kier molecular flexibility index (Phi) is 5.37. The lowest BCUT2D eigenvalue weighted by Gasteiger charge is -2.11. The highest BCUT2D eigenvalue weighted by Crippen LogP contribution is 2.29. The zero-order chi connectivity index (χ0) is 14.5. The van der Waals surface area contributed by atoms with Crippen molar-refractivity contribution in [1.29, 1.82) is 5.26 Å². The molecule has 100 valence electrons. The molecule has 0 bridgehead atoms. The Bertz CT molecular complexity index is 652. The van der Waals surface area contributed by atoms with E-state index in [1.54, 1.807) is 24.3 Å². The van der Waals surface area contributed by atoms with Gasteiger partial charge in [-0.2, -0.15) is 5.26 Å². The SMILES string of the molecule is N#Cc1ccc(COc2c(I)cc(C=O)cc2I)cc1. The van der Waals surface area contributed by atoms with E-state index >= 15 is 0 Å². The Labute approximate surface area is 144 Å². The molecule has 0 N–H and O–H groups in total. The summed E-state index contributed by atoms with van der Waals surface area (Å²) in [4.78, 5) is 10.8. The molecular formula is C15H9I2NO2. The number of rotatable bonds is 4. The lowest BCUT2D eigenvalue weighted by molar-refractivity contribution is 0.112. The van der Waals surface area contributed by atoms with Gasteiger partial charge in [-0.25, -0.2) is 0 Å². The first kappa shape index (κ1) is 15.3. The van der Waals surface area contributed by atoms with Gasteiger partial charge in [0.15, 0.2) is 0 Å². The van der Waals surface area contributed by atoms with E-state index in [2.05, 4.69) is 51.3 Å². The first-order valence-electron chi connectivity index (χ1n) is 5.70. The van der Waals surface area contributed by atoms with E-state index in [1.165, 1.54) is 0 Å². The molecule has 2 aromatic rings. The first-order chi connectivity index (χ1) is 9.63. The van der Waals surface area contributed by atoms with E-state index in [-0.39, 0.29) is 0 Å². The molecule has 2 aromatic carbocycles. The molecule has 20 heavy (non-hydrogen) atoms. The highest BCUT2D eigenvalue weighted by molar-refractivity contribution is 14.1. The molecule has 0 fully saturated rings. The number of hydrogen-bond acceptors (Lipinski definition) is 3. The molecule has 0 saturated carbocycles. The number of nitriles is 1. The van der Waals surface area contributed by atoms with Crippen LogP contribution in [0, 0.1) is 18.5 Å². The van der Waals surface area contributed by atoms with E-state index < -0.39 is 0 Å². The third-order valence-corrected chi connectivity index (χ3v) is 4.23. The summed E-state index contributed by atoms with van der Waals surface area (Å²) < 4.78 is 7.63. The van der Waals surface area contributed by atoms with Gasteiger partial charge >= 0.3 is 0 Å². The molecule has 0 atom stereocenters. The van der Waals surface area contributed by atoms with Gasteiger partial charge in [-0.05, 0) is 75.0 Å². The Morgan fingerprint density at radius 2 is 1.75 bits per heavy atom. The van der Waals surface area contributed by atoms with Crippen molar-refractivity contribution >= 4 is 51.5 Å². The van der Waals surface area contributed by atoms with Gasteiger partial charge in [-0.3, -0.25) is 4.79 Å².